The summed E-state index contributed by atoms with van der Waals surface area (Å²) in [7, 11) is 1.68. The summed E-state index contributed by atoms with van der Waals surface area (Å²) in [4.78, 5) is 14.9. The Morgan fingerprint density at radius 2 is 1.75 bits per heavy atom. The highest BCUT2D eigenvalue weighted by molar-refractivity contribution is 5.94. The van der Waals surface area contributed by atoms with E-state index >= 15 is 0 Å². The third-order valence-electron chi connectivity index (χ3n) is 5.38. The van der Waals surface area contributed by atoms with Gasteiger partial charge in [-0.15, -0.1) is 0 Å². The van der Waals surface area contributed by atoms with Gasteiger partial charge in [0.2, 0.25) is 0 Å². The van der Waals surface area contributed by atoms with Gasteiger partial charge in [-0.2, -0.15) is 0 Å². The molecule has 150 valence electrons. The van der Waals surface area contributed by atoms with E-state index in [1.807, 2.05) is 30.3 Å². The summed E-state index contributed by atoms with van der Waals surface area (Å²) in [6.45, 7) is 4.04. The molecule has 0 bridgehead atoms. The molecule has 0 atom stereocenters. The molecule has 3 rings (SSSR count). The van der Waals surface area contributed by atoms with E-state index in [2.05, 4.69) is 28.4 Å². The molecule has 1 amide bonds. The second-order valence-corrected chi connectivity index (χ2v) is 7.60. The number of amides is 1. The fraction of sp³-hybridized carbons (Fsp3) is 0.458. The summed E-state index contributed by atoms with van der Waals surface area (Å²) in [5.74, 6) is 0.883. The topological polar surface area (TPSA) is 41.6 Å². The number of methoxy groups -OCH3 is 1. The average molecular weight is 381 g/mol. The minimum atomic E-state index is 0.00645. The lowest BCUT2D eigenvalue weighted by Gasteiger charge is -2.19. The Balaban J connectivity index is 1.41. The van der Waals surface area contributed by atoms with E-state index in [9.17, 15) is 4.79 Å². The van der Waals surface area contributed by atoms with Crippen molar-refractivity contribution in [2.24, 2.45) is 0 Å². The summed E-state index contributed by atoms with van der Waals surface area (Å²) in [6.07, 6.45) is 7.14. The van der Waals surface area contributed by atoms with Gasteiger partial charge in [-0.3, -0.25) is 9.69 Å². The summed E-state index contributed by atoms with van der Waals surface area (Å²) in [5, 5.41) is 3.03. The monoisotopic (exact) mass is 380 g/mol. The number of rotatable bonds is 8. The number of ether oxygens (including phenoxy) is 1. The van der Waals surface area contributed by atoms with Crippen LogP contribution < -0.4 is 10.1 Å². The van der Waals surface area contributed by atoms with Crippen LogP contribution in [-0.4, -0.2) is 37.6 Å². The number of carbonyl (C=O) groups excluding carboxylic acids is 1. The van der Waals surface area contributed by atoms with E-state index in [1.54, 1.807) is 7.11 Å². The molecule has 1 aliphatic heterocycles. The Bertz CT molecular complexity index is 735. The molecule has 0 unspecified atom stereocenters. The minimum absolute atomic E-state index is 0.00645. The molecule has 1 fully saturated rings. The number of benzene rings is 2. The van der Waals surface area contributed by atoms with Crippen molar-refractivity contribution in [2.75, 3.05) is 26.7 Å². The van der Waals surface area contributed by atoms with E-state index in [1.165, 1.54) is 49.9 Å². The maximum atomic E-state index is 12.4. The molecule has 0 saturated carbocycles. The molecule has 1 N–H and O–H groups in total. The Morgan fingerprint density at radius 1 is 1.00 bits per heavy atom. The van der Waals surface area contributed by atoms with Gasteiger partial charge in [0, 0.05) is 18.7 Å². The molecular formula is C24H32N2O2. The highest BCUT2D eigenvalue weighted by Crippen LogP contribution is 2.15. The molecule has 1 aliphatic rings. The molecule has 4 heteroatoms. The van der Waals surface area contributed by atoms with Gasteiger partial charge in [0.15, 0.2) is 0 Å². The number of nitrogens with zero attached hydrogens (tertiary/aromatic N) is 1. The standard InChI is InChI=1S/C24H32N2O2/c1-28-23-10-6-8-20(18-23)9-7-15-25-24(27)22-13-11-21(12-14-22)19-26-16-4-2-3-5-17-26/h6,8,10-14,18H,2-5,7,9,15-17,19H2,1H3,(H,25,27). The van der Waals surface area contributed by atoms with E-state index < -0.39 is 0 Å². The quantitative estimate of drug-likeness (QED) is 0.689. The van der Waals surface area contributed by atoms with Crippen molar-refractivity contribution in [3.8, 4) is 5.75 Å². The van der Waals surface area contributed by atoms with Gasteiger partial charge < -0.3 is 10.1 Å². The molecule has 0 spiro atoms. The molecule has 28 heavy (non-hydrogen) atoms. The lowest BCUT2D eigenvalue weighted by molar-refractivity contribution is 0.0953. The first kappa shape index (κ1) is 20.4. The third kappa shape index (κ3) is 6.38. The minimum Gasteiger partial charge on any atom is -0.497 e. The van der Waals surface area contributed by atoms with E-state index in [4.69, 9.17) is 4.74 Å². The predicted molar refractivity (Wildman–Crippen MR) is 114 cm³/mol. The van der Waals surface area contributed by atoms with Crippen molar-refractivity contribution < 1.29 is 9.53 Å². The van der Waals surface area contributed by atoms with Gasteiger partial charge >= 0.3 is 0 Å². The van der Waals surface area contributed by atoms with E-state index in [0.29, 0.717) is 6.54 Å². The van der Waals surface area contributed by atoms with Crippen LogP contribution >= 0.6 is 0 Å². The first-order valence-corrected chi connectivity index (χ1v) is 10.5. The Hall–Kier alpha value is -2.33. The maximum Gasteiger partial charge on any atom is 0.251 e. The van der Waals surface area contributed by atoms with Crippen LogP contribution in [0.2, 0.25) is 0 Å². The number of carbonyl (C=O) groups is 1. The fourth-order valence-corrected chi connectivity index (χ4v) is 3.74. The lowest BCUT2D eigenvalue weighted by Crippen LogP contribution is -2.25. The zero-order valence-corrected chi connectivity index (χ0v) is 17.0. The zero-order chi connectivity index (χ0) is 19.6. The van der Waals surface area contributed by atoms with Crippen molar-refractivity contribution in [3.05, 3.63) is 65.2 Å². The van der Waals surface area contributed by atoms with Crippen molar-refractivity contribution in [3.63, 3.8) is 0 Å². The SMILES string of the molecule is COc1cccc(CCCNC(=O)c2ccc(CN3CCCCCC3)cc2)c1. The van der Waals surface area contributed by atoms with Crippen LogP contribution in [-0.2, 0) is 13.0 Å². The number of hydrogen-bond donors (Lipinski definition) is 1. The van der Waals surface area contributed by atoms with Crippen LogP contribution in [0.25, 0.3) is 0 Å². The first-order valence-electron chi connectivity index (χ1n) is 10.5. The van der Waals surface area contributed by atoms with Gasteiger partial charge in [-0.25, -0.2) is 0 Å². The molecule has 2 aromatic carbocycles. The lowest BCUT2D eigenvalue weighted by atomic mass is 10.1. The van der Waals surface area contributed by atoms with Crippen molar-refractivity contribution in [1.82, 2.24) is 10.2 Å². The number of hydrogen-bond acceptors (Lipinski definition) is 3. The van der Waals surface area contributed by atoms with E-state index in [0.717, 1.165) is 30.7 Å². The van der Waals surface area contributed by atoms with Crippen LogP contribution in [0.15, 0.2) is 48.5 Å². The third-order valence-corrected chi connectivity index (χ3v) is 5.38. The van der Waals surface area contributed by atoms with Crippen molar-refractivity contribution in [2.45, 2.75) is 45.1 Å². The second kappa shape index (κ2) is 10.9. The fourth-order valence-electron chi connectivity index (χ4n) is 3.74. The largest absolute Gasteiger partial charge is 0.497 e. The predicted octanol–water partition coefficient (Wildman–Crippen LogP) is 4.43. The smallest absolute Gasteiger partial charge is 0.251 e. The van der Waals surface area contributed by atoms with Crippen molar-refractivity contribution >= 4 is 5.91 Å². The Kier molecular flexibility index (Phi) is 7.92. The summed E-state index contributed by atoms with van der Waals surface area (Å²) < 4.78 is 5.25. The van der Waals surface area contributed by atoms with E-state index in [-0.39, 0.29) is 5.91 Å². The summed E-state index contributed by atoms with van der Waals surface area (Å²) >= 11 is 0. The van der Waals surface area contributed by atoms with Gasteiger partial charge in [-0.05, 0) is 74.2 Å². The van der Waals surface area contributed by atoms with Gasteiger partial charge in [-0.1, -0.05) is 37.1 Å². The molecule has 1 saturated heterocycles. The van der Waals surface area contributed by atoms with Crippen LogP contribution in [0.1, 0.15) is 53.6 Å². The average Bonchev–Trinajstić information content (AvgIpc) is 3.00. The van der Waals surface area contributed by atoms with Crippen molar-refractivity contribution in [1.29, 1.82) is 0 Å². The molecule has 0 radical (unpaired) electrons. The first-order chi connectivity index (χ1) is 13.7. The molecule has 1 heterocycles. The Labute approximate surface area is 168 Å². The number of likely N-dealkylation sites (tertiary alicyclic amines) is 1. The van der Waals surface area contributed by atoms with Gasteiger partial charge in [0.25, 0.3) is 5.91 Å². The normalized spacial score (nSPS) is 15.0. The molecular weight excluding hydrogens is 348 g/mol. The summed E-state index contributed by atoms with van der Waals surface area (Å²) in [5.41, 5.74) is 3.25. The highest BCUT2D eigenvalue weighted by atomic mass is 16.5. The number of aryl methyl sites for hydroxylation is 1. The number of nitrogens with one attached hydrogen (secondary N) is 1. The molecule has 0 aliphatic carbocycles. The highest BCUT2D eigenvalue weighted by Gasteiger charge is 2.10. The maximum absolute atomic E-state index is 12.4. The summed E-state index contributed by atoms with van der Waals surface area (Å²) in [6, 6.07) is 16.2. The van der Waals surface area contributed by atoms with Crippen LogP contribution in [0.4, 0.5) is 0 Å². The van der Waals surface area contributed by atoms with Crippen LogP contribution in [0, 0.1) is 0 Å². The zero-order valence-electron chi connectivity index (χ0n) is 17.0. The Morgan fingerprint density at radius 3 is 2.46 bits per heavy atom. The molecule has 0 aromatic heterocycles. The molecule has 4 nitrogen and oxygen atoms in total. The van der Waals surface area contributed by atoms with Gasteiger partial charge in [0.05, 0.1) is 7.11 Å². The second-order valence-electron chi connectivity index (χ2n) is 7.60. The van der Waals surface area contributed by atoms with Gasteiger partial charge in [0.1, 0.15) is 5.75 Å². The van der Waals surface area contributed by atoms with Crippen LogP contribution in [0.3, 0.4) is 0 Å². The molecule has 2 aromatic rings. The van der Waals surface area contributed by atoms with Crippen LogP contribution in [0.5, 0.6) is 5.75 Å².